The fourth-order valence-corrected chi connectivity index (χ4v) is 2.86. The fourth-order valence-electron chi connectivity index (χ4n) is 2.86. The van der Waals surface area contributed by atoms with Crippen LogP contribution in [0.5, 0.6) is 5.75 Å². The highest BCUT2D eigenvalue weighted by Gasteiger charge is 2.09. The first-order valence-corrected chi connectivity index (χ1v) is 9.66. The van der Waals surface area contributed by atoms with Crippen LogP contribution < -0.4 is 15.4 Å². The van der Waals surface area contributed by atoms with Crippen molar-refractivity contribution in [2.45, 2.75) is 26.2 Å². The Morgan fingerprint density at radius 3 is 2.62 bits per heavy atom. The summed E-state index contributed by atoms with van der Waals surface area (Å²) in [6.07, 6.45) is 2.29. The molecule has 29 heavy (non-hydrogen) atoms. The quantitative estimate of drug-likeness (QED) is 0.599. The number of amides is 1. The van der Waals surface area contributed by atoms with Gasteiger partial charge in [0.1, 0.15) is 11.4 Å². The maximum atomic E-state index is 12.4. The molecular weight excluding hydrogens is 364 g/mol. The first kappa shape index (κ1) is 20.3. The summed E-state index contributed by atoms with van der Waals surface area (Å²) in [6.45, 7) is 4.82. The van der Waals surface area contributed by atoms with Crippen LogP contribution in [0.3, 0.4) is 0 Å². The van der Waals surface area contributed by atoms with Gasteiger partial charge in [0.2, 0.25) is 5.95 Å². The smallest absolute Gasteiger partial charge is 0.270 e. The Morgan fingerprint density at radius 1 is 1.10 bits per heavy atom. The lowest BCUT2D eigenvalue weighted by Gasteiger charge is -2.09. The van der Waals surface area contributed by atoms with Crippen LogP contribution in [0.2, 0.25) is 0 Å². The molecule has 0 unspecified atom stereocenters. The Morgan fingerprint density at radius 2 is 1.90 bits per heavy atom. The number of nitrogens with one attached hydrogen (secondary N) is 2. The molecule has 3 aromatic rings. The van der Waals surface area contributed by atoms with Gasteiger partial charge < -0.3 is 15.4 Å². The SMILES string of the molecule is COc1cccc(CCNC(=O)c2ccnc(Nc3ccc(C(C)C)cc3)n2)c1. The highest BCUT2D eigenvalue weighted by molar-refractivity contribution is 5.92. The van der Waals surface area contributed by atoms with E-state index in [-0.39, 0.29) is 5.91 Å². The lowest BCUT2D eigenvalue weighted by atomic mass is 10.0. The predicted molar refractivity (Wildman–Crippen MR) is 115 cm³/mol. The van der Waals surface area contributed by atoms with Crippen LogP contribution in [0.4, 0.5) is 11.6 Å². The van der Waals surface area contributed by atoms with Crippen molar-refractivity contribution >= 4 is 17.5 Å². The van der Waals surface area contributed by atoms with Crippen molar-refractivity contribution in [2.24, 2.45) is 0 Å². The number of carbonyl (C=O) groups excluding carboxylic acids is 1. The van der Waals surface area contributed by atoms with Crippen LogP contribution in [0.15, 0.2) is 60.8 Å². The van der Waals surface area contributed by atoms with Crippen LogP contribution in [0, 0.1) is 0 Å². The first-order chi connectivity index (χ1) is 14.0. The van der Waals surface area contributed by atoms with Crippen LogP contribution in [-0.2, 0) is 6.42 Å². The summed E-state index contributed by atoms with van der Waals surface area (Å²) in [5, 5.41) is 6.04. The van der Waals surface area contributed by atoms with Gasteiger partial charge in [0.05, 0.1) is 7.11 Å². The Kier molecular flexibility index (Phi) is 6.79. The fraction of sp³-hybridized carbons (Fsp3) is 0.261. The Labute approximate surface area is 171 Å². The van der Waals surface area contributed by atoms with Crippen molar-refractivity contribution in [3.8, 4) is 5.75 Å². The highest BCUT2D eigenvalue weighted by Crippen LogP contribution is 2.19. The largest absolute Gasteiger partial charge is 0.497 e. The Bertz CT molecular complexity index is 955. The third-order valence-corrected chi connectivity index (χ3v) is 4.56. The van der Waals surface area contributed by atoms with Gasteiger partial charge in [0.15, 0.2) is 0 Å². The van der Waals surface area contributed by atoms with Gasteiger partial charge in [0, 0.05) is 18.4 Å². The molecule has 0 atom stereocenters. The zero-order chi connectivity index (χ0) is 20.6. The number of nitrogens with zero attached hydrogens (tertiary/aromatic N) is 2. The molecule has 0 aliphatic carbocycles. The van der Waals surface area contributed by atoms with Gasteiger partial charge >= 0.3 is 0 Å². The third-order valence-electron chi connectivity index (χ3n) is 4.56. The molecule has 6 nitrogen and oxygen atoms in total. The summed E-state index contributed by atoms with van der Waals surface area (Å²) in [5.74, 6) is 1.45. The van der Waals surface area contributed by atoms with Gasteiger partial charge in [-0.05, 0) is 53.8 Å². The number of benzene rings is 2. The van der Waals surface area contributed by atoms with Gasteiger partial charge in [-0.3, -0.25) is 4.79 Å². The number of hydrogen-bond acceptors (Lipinski definition) is 5. The molecule has 0 saturated heterocycles. The molecule has 1 amide bonds. The molecule has 1 aromatic heterocycles. The van der Waals surface area contributed by atoms with Gasteiger partial charge in [0.25, 0.3) is 5.91 Å². The Hall–Kier alpha value is -3.41. The van der Waals surface area contributed by atoms with Crippen molar-refractivity contribution in [1.29, 1.82) is 0 Å². The molecule has 0 bridgehead atoms. The minimum Gasteiger partial charge on any atom is -0.497 e. The second-order valence-corrected chi connectivity index (χ2v) is 7.02. The van der Waals surface area contributed by atoms with Crippen LogP contribution in [-0.4, -0.2) is 29.5 Å². The lowest BCUT2D eigenvalue weighted by Crippen LogP contribution is -2.26. The molecule has 0 aliphatic rings. The van der Waals surface area contributed by atoms with E-state index in [0.29, 0.717) is 30.5 Å². The number of carbonyl (C=O) groups is 1. The van der Waals surface area contributed by atoms with Crippen molar-refractivity contribution in [3.05, 3.63) is 77.6 Å². The van der Waals surface area contributed by atoms with E-state index < -0.39 is 0 Å². The number of aromatic nitrogens is 2. The van der Waals surface area contributed by atoms with E-state index in [9.17, 15) is 4.79 Å². The minimum atomic E-state index is -0.228. The summed E-state index contributed by atoms with van der Waals surface area (Å²) < 4.78 is 5.22. The van der Waals surface area contributed by atoms with Crippen molar-refractivity contribution in [3.63, 3.8) is 0 Å². The average molecular weight is 390 g/mol. The molecule has 0 radical (unpaired) electrons. The van der Waals surface area contributed by atoms with Crippen molar-refractivity contribution < 1.29 is 9.53 Å². The number of rotatable bonds is 8. The molecule has 2 N–H and O–H groups in total. The molecule has 150 valence electrons. The van der Waals surface area contributed by atoms with Crippen molar-refractivity contribution in [1.82, 2.24) is 15.3 Å². The summed E-state index contributed by atoms with van der Waals surface area (Å²) in [6, 6.07) is 17.5. The minimum absolute atomic E-state index is 0.228. The molecular formula is C23H26N4O2. The van der Waals surface area contributed by atoms with Crippen molar-refractivity contribution in [2.75, 3.05) is 19.0 Å². The molecule has 0 aliphatic heterocycles. The third kappa shape index (κ3) is 5.78. The summed E-state index contributed by atoms with van der Waals surface area (Å²) in [7, 11) is 1.64. The normalized spacial score (nSPS) is 10.6. The first-order valence-electron chi connectivity index (χ1n) is 9.66. The summed E-state index contributed by atoms with van der Waals surface area (Å²) in [5.41, 5.74) is 3.57. The Balaban J connectivity index is 1.57. The second-order valence-electron chi connectivity index (χ2n) is 7.02. The summed E-state index contributed by atoms with van der Waals surface area (Å²) >= 11 is 0. The standard InChI is InChI=1S/C23H26N4O2/c1-16(2)18-7-9-19(10-8-18)26-23-25-14-12-21(27-23)22(28)24-13-11-17-5-4-6-20(15-17)29-3/h4-10,12,14-16H,11,13H2,1-3H3,(H,24,28)(H,25,26,27). The summed E-state index contributed by atoms with van der Waals surface area (Å²) in [4.78, 5) is 21.0. The van der Waals surface area contributed by atoms with E-state index in [1.807, 2.05) is 36.4 Å². The topological polar surface area (TPSA) is 76.1 Å². The molecule has 6 heteroatoms. The number of anilines is 2. The van der Waals surface area contributed by atoms with Gasteiger partial charge in [-0.15, -0.1) is 0 Å². The van der Waals surface area contributed by atoms with Crippen LogP contribution in [0.25, 0.3) is 0 Å². The molecule has 0 spiro atoms. The molecule has 0 fully saturated rings. The lowest BCUT2D eigenvalue weighted by molar-refractivity contribution is 0.0949. The average Bonchev–Trinajstić information content (AvgIpc) is 2.74. The van der Waals surface area contributed by atoms with Gasteiger partial charge in [-0.25, -0.2) is 9.97 Å². The van der Waals surface area contributed by atoms with E-state index in [0.717, 1.165) is 17.0 Å². The van der Waals surface area contributed by atoms with Gasteiger partial charge in [-0.1, -0.05) is 38.1 Å². The maximum absolute atomic E-state index is 12.4. The van der Waals surface area contributed by atoms with E-state index in [4.69, 9.17) is 4.74 Å². The monoisotopic (exact) mass is 390 g/mol. The number of methoxy groups -OCH3 is 1. The van der Waals surface area contributed by atoms with Crippen LogP contribution >= 0.6 is 0 Å². The predicted octanol–water partition coefficient (Wildman–Crippen LogP) is 4.32. The molecule has 1 heterocycles. The zero-order valence-corrected chi connectivity index (χ0v) is 17.0. The van der Waals surface area contributed by atoms with Crippen LogP contribution in [0.1, 0.15) is 41.4 Å². The zero-order valence-electron chi connectivity index (χ0n) is 17.0. The number of hydrogen-bond donors (Lipinski definition) is 2. The molecule has 0 saturated carbocycles. The van der Waals surface area contributed by atoms with E-state index in [1.165, 1.54) is 5.56 Å². The maximum Gasteiger partial charge on any atom is 0.270 e. The number of ether oxygens (including phenoxy) is 1. The second kappa shape index (κ2) is 9.68. The molecule has 3 rings (SSSR count). The van der Waals surface area contributed by atoms with E-state index >= 15 is 0 Å². The van der Waals surface area contributed by atoms with Gasteiger partial charge in [-0.2, -0.15) is 0 Å². The van der Waals surface area contributed by atoms with E-state index in [2.05, 4.69) is 46.6 Å². The van der Waals surface area contributed by atoms with E-state index in [1.54, 1.807) is 19.4 Å². The highest BCUT2D eigenvalue weighted by atomic mass is 16.5. The molecule has 2 aromatic carbocycles.